The van der Waals surface area contributed by atoms with Crippen molar-refractivity contribution in [3.8, 4) is 0 Å². The molecule has 0 rings (SSSR count). The van der Waals surface area contributed by atoms with Crippen molar-refractivity contribution in [3.63, 3.8) is 0 Å². The van der Waals surface area contributed by atoms with Gasteiger partial charge in [-0.2, -0.15) is 0 Å². The van der Waals surface area contributed by atoms with Crippen LogP contribution in [0, 0.1) is 11.8 Å². The lowest BCUT2D eigenvalue weighted by Crippen LogP contribution is -2.29. The fraction of sp³-hybridized carbons (Fsp3) is 0.857. The molecular weight excluding hydrogens is 710 g/mol. The molecular formula is C42H75NO12. The first kappa shape index (κ1) is 52.3. The monoisotopic (exact) mass is 786 g/mol. The highest BCUT2D eigenvalue weighted by Gasteiger charge is 2.22. The van der Waals surface area contributed by atoms with Crippen LogP contribution in [0.4, 0.5) is 0 Å². The van der Waals surface area contributed by atoms with Gasteiger partial charge in [0, 0.05) is 51.2 Å². The number of carboxylic acid groups (broad SMARTS) is 2. The molecule has 0 aliphatic carbocycles. The van der Waals surface area contributed by atoms with Gasteiger partial charge in [0.05, 0.1) is 39.0 Å². The van der Waals surface area contributed by atoms with E-state index in [1.54, 1.807) is 0 Å². The van der Waals surface area contributed by atoms with Gasteiger partial charge >= 0.3 is 11.9 Å². The Morgan fingerprint density at radius 1 is 0.491 bits per heavy atom. The fourth-order valence-electron chi connectivity index (χ4n) is 5.83. The number of rotatable bonds is 43. The van der Waals surface area contributed by atoms with Crippen molar-refractivity contribution < 1.29 is 57.9 Å². The van der Waals surface area contributed by atoms with Crippen molar-refractivity contribution in [3.05, 3.63) is 0 Å². The number of carbonyl (C=O) groups is 6. The molecule has 0 aliphatic heterocycles. The van der Waals surface area contributed by atoms with E-state index in [-0.39, 0.29) is 94.4 Å². The topological polar surface area (TPSA) is 192 Å². The number of carbonyl (C=O) groups excluding carboxylic acids is 4. The SMILES string of the molecule is CC(C)C(=O)COCCOCCCC(=O)COCCOCCNC(=O)CC[C@H](CC(=O)CCCCCCCCCCCCCCCCCCC(=O)O)C(=O)O. The lowest BCUT2D eigenvalue weighted by Gasteiger charge is -2.12. The third-order valence-electron chi connectivity index (χ3n) is 9.35. The highest BCUT2D eigenvalue weighted by Crippen LogP contribution is 2.17. The normalized spacial score (nSPS) is 11.8. The molecule has 0 saturated heterocycles. The van der Waals surface area contributed by atoms with Gasteiger partial charge in [0.1, 0.15) is 19.0 Å². The zero-order valence-corrected chi connectivity index (χ0v) is 34.3. The van der Waals surface area contributed by atoms with Crippen molar-refractivity contribution in [1.82, 2.24) is 5.32 Å². The molecule has 0 spiro atoms. The van der Waals surface area contributed by atoms with Crippen molar-refractivity contribution in [1.29, 1.82) is 0 Å². The summed E-state index contributed by atoms with van der Waals surface area (Å²) >= 11 is 0. The van der Waals surface area contributed by atoms with Gasteiger partial charge in [0.15, 0.2) is 11.6 Å². The molecule has 0 aliphatic rings. The second-order valence-electron chi connectivity index (χ2n) is 14.8. The summed E-state index contributed by atoms with van der Waals surface area (Å²) < 4.78 is 21.4. The van der Waals surface area contributed by atoms with Gasteiger partial charge in [-0.1, -0.05) is 104 Å². The molecule has 55 heavy (non-hydrogen) atoms. The Bertz CT molecular complexity index is 1020. The molecule has 1 atom stereocenters. The molecule has 13 nitrogen and oxygen atoms in total. The number of carboxylic acids is 2. The van der Waals surface area contributed by atoms with Gasteiger partial charge < -0.3 is 34.5 Å². The van der Waals surface area contributed by atoms with Crippen LogP contribution < -0.4 is 5.32 Å². The maximum Gasteiger partial charge on any atom is 0.306 e. The Kier molecular flexibility index (Phi) is 36.2. The van der Waals surface area contributed by atoms with E-state index in [1.165, 1.54) is 57.8 Å². The number of unbranched alkanes of at least 4 members (excludes halogenated alkanes) is 15. The molecule has 0 unspecified atom stereocenters. The van der Waals surface area contributed by atoms with Crippen molar-refractivity contribution in [2.75, 3.05) is 59.4 Å². The van der Waals surface area contributed by atoms with Crippen LogP contribution in [0.1, 0.15) is 162 Å². The molecule has 0 bridgehead atoms. The zero-order valence-electron chi connectivity index (χ0n) is 34.3. The number of hydrogen-bond donors (Lipinski definition) is 3. The van der Waals surface area contributed by atoms with Gasteiger partial charge in [-0.3, -0.25) is 28.8 Å². The van der Waals surface area contributed by atoms with Crippen LogP contribution in [0.25, 0.3) is 0 Å². The Morgan fingerprint density at radius 3 is 1.45 bits per heavy atom. The standard InChI is InChI=1S/C42H75NO12/c1-35(2)39(46)34-55-31-28-52-26-19-21-38(45)33-54-30-29-53-27-25-43-40(47)24-23-36(42(50)51)32-37(44)20-17-15-13-11-9-7-5-3-4-6-8-10-12-14-16-18-22-41(48)49/h35-36H,3-34H2,1-2H3,(H,43,47)(H,48,49)(H,50,51)/t36-/m1/s1. The maximum absolute atomic E-state index is 12.4. The van der Waals surface area contributed by atoms with Crippen LogP contribution in [0.3, 0.4) is 0 Å². The second kappa shape index (κ2) is 38.1. The van der Waals surface area contributed by atoms with E-state index in [1.807, 2.05) is 13.8 Å². The number of ether oxygens (including phenoxy) is 4. The third kappa shape index (κ3) is 37.9. The molecule has 320 valence electrons. The molecule has 0 radical (unpaired) electrons. The molecule has 0 aromatic rings. The highest BCUT2D eigenvalue weighted by atomic mass is 16.5. The lowest BCUT2D eigenvalue weighted by molar-refractivity contribution is -0.144. The summed E-state index contributed by atoms with van der Waals surface area (Å²) in [6.07, 6.45) is 19.8. The minimum atomic E-state index is -1.06. The first-order valence-electron chi connectivity index (χ1n) is 21.1. The Hall–Kier alpha value is -2.74. The number of aliphatic carboxylic acids is 2. The maximum atomic E-state index is 12.4. The first-order valence-corrected chi connectivity index (χ1v) is 21.1. The van der Waals surface area contributed by atoms with Crippen molar-refractivity contribution >= 4 is 35.2 Å². The zero-order chi connectivity index (χ0) is 40.8. The molecule has 0 aromatic carbocycles. The average Bonchev–Trinajstić information content (AvgIpc) is 3.14. The van der Waals surface area contributed by atoms with E-state index in [2.05, 4.69) is 5.32 Å². The van der Waals surface area contributed by atoms with E-state index in [0.717, 1.165) is 44.9 Å². The lowest BCUT2D eigenvalue weighted by atomic mass is 9.94. The van der Waals surface area contributed by atoms with Gasteiger partial charge in [-0.15, -0.1) is 0 Å². The van der Waals surface area contributed by atoms with Crippen LogP contribution >= 0.6 is 0 Å². The predicted octanol–water partition coefficient (Wildman–Crippen LogP) is 7.29. The number of hydrogen-bond acceptors (Lipinski definition) is 10. The van der Waals surface area contributed by atoms with Crippen molar-refractivity contribution in [2.45, 2.75) is 162 Å². The summed E-state index contributed by atoms with van der Waals surface area (Å²) in [5.74, 6) is -3.02. The quantitative estimate of drug-likeness (QED) is 0.0524. The second-order valence-corrected chi connectivity index (χ2v) is 14.8. The largest absolute Gasteiger partial charge is 0.481 e. The molecule has 13 heteroatoms. The van der Waals surface area contributed by atoms with Crippen LogP contribution in [-0.4, -0.2) is 105 Å². The van der Waals surface area contributed by atoms with E-state index < -0.39 is 17.9 Å². The van der Waals surface area contributed by atoms with Crippen LogP contribution in [0.2, 0.25) is 0 Å². The molecule has 0 aromatic heterocycles. The molecule has 0 saturated carbocycles. The third-order valence-corrected chi connectivity index (χ3v) is 9.35. The number of nitrogens with one attached hydrogen (secondary N) is 1. The van der Waals surface area contributed by atoms with E-state index in [0.29, 0.717) is 39.1 Å². The Balaban J connectivity index is 3.64. The number of amides is 1. The molecule has 0 fully saturated rings. The molecule has 0 heterocycles. The summed E-state index contributed by atoms with van der Waals surface area (Å²) in [4.78, 5) is 70.2. The Morgan fingerprint density at radius 2 is 0.945 bits per heavy atom. The number of ketones is 3. The van der Waals surface area contributed by atoms with Gasteiger partial charge in [0.25, 0.3) is 0 Å². The van der Waals surface area contributed by atoms with Gasteiger partial charge in [0.2, 0.25) is 5.91 Å². The molecule has 1 amide bonds. The summed E-state index contributed by atoms with van der Waals surface area (Å²) in [6, 6.07) is 0. The van der Waals surface area contributed by atoms with Crippen LogP contribution in [0.5, 0.6) is 0 Å². The van der Waals surface area contributed by atoms with Crippen molar-refractivity contribution in [2.24, 2.45) is 11.8 Å². The molecule has 3 N–H and O–H groups in total. The number of Topliss-reactive ketones (excluding diaryl/α,β-unsaturated/α-hetero) is 3. The van der Waals surface area contributed by atoms with E-state index in [4.69, 9.17) is 24.1 Å². The van der Waals surface area contributed by atoms with E-state index in [9.17, 15) is 33.9 Å². The minimum Gasteiger partial charge on any atom is -0.481 e. The van der Waals surface area contributed by atoms with Crippen LogP contribution in [-0.2, 0) is 47.7 Å². The summed E-state index contributed by atoms with van der Waals surface area (Å²) in [5, 5.41) is 20.9. The van der Waals surface area contributed by atoms with E-state index >= 15 is 0 Å². The summed E-state index contributed by atoms with van der Waals surface area (Å²) in [7, 11) is 0. The average molecular weight is 786 g/mol. The Labute approximate surface area is 330 Å². The van der Waals surface area contributed by atoms with Gasteiger partial charge in [-0.05, 0) is 25.7 Å². The first-order chi connectivity index (χ1) is 26.5. The summed E-state index contributed by atoms with van der Waals surface area (Å²) in [6.45, 7) is 5.85. The predicted molar refractivity (Wildman–Crippen MR) is 211 cm³/mol. The van der Waals surface area contributed by atoms with Gasteiger partial charge in [-0.25, -0.2) is 0 Å². The highest BCUT2D eigenvalue weighted by molar-refractivity contribution is 5.84. The smallest absolute Gasteiger partial charge is 0.306 e. The summed E-state index contributed by atoms with van der Waals surface area (Å²) in [5.41, 5.74) is 0. The van der Waals surface area contributed by atoms with Crippen LogP contribution in [0.15, 0.2) is 0 Å². The fourth-order valence-corrected chi connectivity index (χ4v) is 5.83. The minimum absolute atomic E-state index is 0.0150.